The third-order valence-electron chi connectivity index (χ3n) is 2.01. The Labute approximate surface area is 89.4 Å². The molecule has 0 aliphatic rings. The van der Waals surface area contributed by atoms with Crippen molar-refractivity contribution in [3.8, 4) is 0 Å². The Balaban J connectivity index is 2.61. The van der Waals surface area contributed by atoms with Crippen molar-refractivity contribution in [3.05, 3.63) is 35.9 Å². The minimum atomic E-state index is -0.434. The third-order valence-corrected chi connectivity index (χ3v) is 2.01. The third kappa shape index (κ3) is 3.59. The molecule has 0 heterocycles. The highest BCUT2D eigenvalue weighted by Gasteiger charge is 2.12. The zero-order valence-corrected chi connectivity index (χ0v) is 8.77. The number of carbonyl (C=O) groups is 1. The van der Waals surface area contributed by atoms with E-state index in [0.29, 0.717) is 13.2 Å². The summed E-state index contributed by atoms with van der Waals surface area (Å²) < 4.78 is 4.79. The van der Waals surface area contributed by atoms with E-state index in [4.69, 9.17) is 10.5 Å². The molecule has 1 atom stereocenters. The van der Waals surface area contributed by atoms with Gasteiger partial charge < -0.3 is 15.8 Å². The second-order valence-electron chi connectivity index (χ2n) is 3.06. The first-order chi connectivity index (χ1) is 7.27. The molecule has 82 valence electrons. The molecule has 0 aliphatic carbocycles. The van der Waals surface area contributed by atoms with E-state index < -0.39 is 6.09 Å². The second kappa shape index (κ2) is 6.03. The molecule has 1 aromatic rings. The van der Waals surface area contributed by atoms with Crippen LogP contribution in [0.5, 0.6) is 0 Å². The molecule has 1 aromatic carbocycles. The summed E-state index contributed by atoms with van der Waals surface area (Å²) in [4.78, 5) is 11.2. The summed E-state index contributed by atoms with van der Waals surface area (Å²) in [5.74, 6) is 0. The van der Waals surface area contributed by atoms with Gasteiger partial charge in [0.2, 0.25) is 0 Å². The SMILES string of the molecule is CCOC(=O)N[C@@H](CN)c1ccccc1. The van der Waals surface area contributed by atoms with Crippen LogP contribution in [0.25, 0.3) is 0 Å². The highest BCUT2D eigenvalue weighted by molar-refractivity contribution is 5.67. The van der Waals surface area contributed by atoms with Gasteiger partial charge in [-0.25, -0.2) is 4.79 Å². The Bertz CT molecular complexity index is 301. The fourth-order valence-corrected chi connectivity index (χ4v) is 1.28. The van der Waals surface area contributed by atoms with Gasteiger partial charge >= 0.3 is 6.09 Å². The van der Waals surface area contributed by atoms with Crippen LogP contribution in [0.1, 0.15) is 18.5 Å². The van der Waals surface area contributed by atoms with Crippen LogP contribution >= 0.6 is 0 Å². The first kappa shape index (κ1) is 11.5. The van der Waals surface area contributed by atoms with Crippen molar-refractivity contribution in [2.75, 3.05) is 13.2 Å². The molecule has 0 bridgehead atoms. The van der Waals surface area contributed by atoms with Gasteiger partial charge in [0, 0.05) is 6.54 Å². The van der Waals surface area contributed by atoms with E-state index in [1.54, 1.807) is 6.92 Å². The molecular weight excluding hydrogens is 192 g/mol. The van der Waals surface area contributed by atoms with Crippen LogP contribution < -0.4 is 11.1 Å². The van der Waals surface area contributed by atoms with Crippen molar-refractivity contribution in [2.24, 2.45) is 5.73 Å². The molecule has 1 amide bonds. The molecule has 4 nitrogen and oxygen atoms in total. The molecule has 0 aromatic heterocycles. The number of hydrogen-bond acceptors (Lipinski definition) is 3. The summed E-state index contributed by atoms with van der Waals surface area (Å²) in [5.41, 5.74) is 6.56. The van der Waals surface area contributed by atoms with Crippen molar-refractivity contribution < 1.29 is 9.53 Å². The number of benzene rings is 1. The molecule has 15 heavy (non-hydrogen) atoms. The fourth-order valence-electron chi connectivity index (χ4n) is 1.28. The Morgan fingerprint density at radius 3 is 2.67 bits per heavy atom. The van der Waals surface area contributed by atoms with Gasteiger partial charge in [-0.2, -0.15) is 0 Å². The topological polar surface area (TPSA) is 64.3 Å². The monoisotopic (exact) mass is 208 g/mol. The molecule has 3 N–H and O–H groups in total. The zero-order valence-electron chi connectivity index (χ0n) is 8.77. The maximum absolute atomic E-state index is 11.2. The van der Waals surface area contributed by atoms with Crippen molar-refractivity contribution in [1.29, 1.82) is 0 Å². The van der Waals surface area contributed by atoms with Crippen molar-refractivity contribution in [3.63, 3.8) is 0 Å². The molecule has 0 saturated carbocycles. The summed E-state index contributed by atoms with van der Waals surface area (Å²) in [7, 11) is 0. The number of hydrogen-bond donors (Lipinski definition) is 2. The molecule has 0 unspecified atom stereocenters. The van der Waals surface area contributed by atoms with E-state index in [1.807, 2.05) is 30.3 Å². The van der Waals surface area contributed by atoms with E-state index >= 15 is 0 Å². The Morgan fingerprint density at radius 1 is 1.47 bits per heavy atom. The average molecular weight is 208 g/mol. The molecule has 0 spiro atoms. The number of rotatable bonds is 4. The van der Waals surface area contributed by atoms with Crippen LogP contribution in [-0.2, 0) is 4.74 Å². The smallest absolute Gasteiger partial charge is 0.407 e. The lowest BCUT2D eigenvalue weighted by Gasteiger charge is -2.16. The zero-order chi connectivity index (χ0) is 11.1. The number of alkyl carbamates (subject to hydrolysis) is 1. The molecule has 0 radical (unpaired) electrons. The Hall–Kier alpha value is -1.55. The first-order valence-electron chi connectivity index (χ1n) is 4.96. The van der Waals surface area contributed by atoms with Crippen LogP contribution in [0.2, 0.25) is 0 Å². The highest BCUT2D eigenvalue weighted by atomic mass is 16.5. The molecule has 1 rings (SSSR count). The lowest BCUT2D eigenvalue weighted by atomic mass is 10.1. The second-order valence-corrected chi connectivity index (χ2v) is 3.06. The number of nitrogens with one attached hydrogen (secondary N) is 1. The van der Waals surface area contributed by atoms with Gasteiger partial charge in [-0.3, -0.25) is 0 Å². The van der Waals surface area contributed by atoms with Crippen LogP contribution in [-0.4, -0.2) is 19.2 Å². The lowest BCUT2D eigenvalue weighted by Crippen LogP contribution is -2.33. The quantitative estimate of drug-likeness (QED) is 0.786. The minimum Gasteiger partial charge on any atom is -0.450 e. The molecule has 0 aliphatic heterocycles. The van der Waals surface area contributed by atoms with Crippen LogP contribution in [0.4, 0.5) is 4.79 Å². The normalized spacial score (nSPS) is 11.9. The number of amides is 1. The van der Waals surface area contributed by atoms with E-state index in [0.717, 1.165) is 5.56 Å². The average Bonchev–Trinajstić information content (AvgIpc) is 2.27. The molecule has 0 fully saturated rings. The van der Waals surface area contributed by atoms with Gasteiger partial charge in [0.25, 0.3) is 0 Å². The van der Waals surface area contributed by atoms with E-state index in [2.05, 4.69) is 5.32 Å². The number of ether oxygens (including phenoxy) is 1. The molecular formula is C11H16N2O2. The van der Waals surface area contributed by atoms with Crippen molar-refractivity contribution >= 4 is 6.09 Å². The van der Waals surface area contributed by atoms with Gasteiger partial charge in [0.15, 0.2) is 0 Å². The molecule has 0 saturated heterocycles. The number of nitrogens with two attached hydrogens (primary N) is 1. The summed E-state index contributed by atoms with van der Waals surface area (Å²) in [6.45, 7) is 2.47. The van der Waals surface area contributed by atoms with Gasteiger partial charge in [0.1, 0.15) is 0 Å². The van der Waals surface area contributed by atoms with Crippen LogP contribution in [0, 0.1) is 0 Å². The van der Waals surface area contributed by atoms with Crippen LogP contribution in [0.3, 0.4) is 0 Å². The largest absolute Gasteiger partial charge is 0.450 e. The number of carbonyl (C=O) groups excluding carboxylic acids is 1. The van der Waals surface area contributed by atoms with E-state index in [9.17, 15) is 4.79 Å². The van der Waals surface area contributed by atoms with E-state index in [1.165, 1.54) is 0 Å². The summed E-state index contributed by atoms with van der Waals surface area (Å²) >= 11 is 0. The fraction of sp³-hybridized carbons (Fsp3) is 0.364. The van der Waals surface area contributed by atoms with Crippen LogP contribution in [0.15, 0.2) is 30.3 Å². The predicted molar refractivity (Wildman–Crippen MR) is 58.4 cm³/mol. The Morgan fingerprint density at radius 2 is 2.13 bits per heavy atom. The summed E-state index contributed by atoms with van der Waals surface area (Å²) in [6.07, 6.45) is -0.434. The minimum absolute atomic E-state index is 0.190. The van der Waals surface area contributed by atoms with Gasteiger partial charge in [-0.15, -0.1) is 0 Å². The van der Waals surface area contributed by atoms with Gasteiger partial charge in [0.05, 0.1) is 12.6 Å². The van der Waals surface area contributed by atoms with Gasteiger partial charge in [-0.05, 0) is 12.5 Å². The summed E-state index contributed by atoms with van der Waals surface area (Å²) in [6, 6.07) is 9.38. The molecule has 4 heteroatoms. The maximum atomic E-state index is 11.2. The lowest BCUT2D eigenvalue weighted by molar-refractivity contribution is 0.148. The predicted octanol–water partition coefficient (Wildman–Crippen LogP) is 1.43. The van der Waals surface area contributed by atoms with Crippen molar-refractivity contribution in [1.82, 2.24) is 5.32 Å². The van der Waals surface area contributed by atoms with Gasteiger partial charge in [-0.1, -0.05) is 30.3 Å². The summed E-state index contributed by atoms with van der Waals surface area (Å²) in [5, 5.41) is 2.70. The maximum Gasteiger partial charge on any atom is 0.407 e. The Kier molecular flexibility index (Phi) is 4.63. The van der Waals surface area contributed by atoms with Crippen molar-refractivity contribution in [2.45, 2.75) is 13.0 Å². The first-order valence-corrected chi connectivity index (χ1v) is 4.96. The van der Waals surface area contributed by atoms with E-state index in [-0.39, 0.29) is 6.04 Å². The standard InChI is InChI=1S/C11H16N2O2/c1-2-15-11(14)13-10(8-12)9-6-4-3-5-7-9/h3-7,10H,2,8,12H2,1H3,(H,13,14)/t10-/m0/s1. The highest BCUT2D eigenvalue weighted by Crippen LogP contribution is 2.10.